The average Bonchev–Trinajstić information content (AvgIpc) is 3.50. The Kier molecular flexibility index (Phi) is 9.03. The Balaban J connectivity index is 1.48. The minimum atomic E-state index is -1.16. The van der Waals surface area contributed by atoms with E-state index in [1.54, 1.807) is 10.9 Å². The monoisotopic (exact) mass is 546 g/mol. The molecule has 1 fully saturated rings. The van der Waals surface area contributed by atoms with Crippen molar-refractivity contribution in [1.29, 1.82) is 0 Å². The lowest BCUT2D eigenvalue weighted by atomic mass is 9.91. The lowest BCUT2D eigenvalue weighted by Gasteiger charge is -2.20. The largest absolute Gasteiger partial charge is 0.387 e. The van der Waals surface area contributed by atoms with E-state index in [0.29, 0.717) is 48.4 Å². The number of hydrogen-bond acceptors (Lipinski definition) is 9. The van der Waals surface area contributed by atoms with Crippen LogP contribution in [0.3, 0.4) is 0 Å². The second kappa shape index (κ2) is 12.8. The van der Waals surface area contributed by atoms with Gasteiger partial charge in [-0.2, -0.15) is 0 Å². The number of nitrogens with one attached hydrogen (secondary N) is 2. The molecule has 1 aliphatic rings. The molecule has 40 heavy (non-hydrogen) atoms. The van der Waals surface area contributed by atoms with Crippen molar-refractivity contribution >= 4 is 17.0 Å². The third kappa shape index (κ3) is 6.16. The summed E-state index contributed by atoms with van der Waals surface area (Å²) in [6.07, 6.45) is -1.57. The zero-order valence-corrected chi connectivity index (χ0v) is 23.1. The highest BCUT2D eigenvalue weighted by atomic mass is 16.6. The Labute approximate surface area is 234 Å². The van der Waals surface area contributed by atoms with Gasteiger partial charge in [-0.15, -0.1) is 0 Å². The first kappa shape index (κ1) is 28.1. The summed E-state index contributed by atoms with van der Waals surface area (Å²) in [6, 6.07) is 21.1. The van der Waals surface area contributed by atoms with Gasteiger partial charge in [0.1, 0.15) is 24.1 Å². The summed E-state index contributed by atoms with van der Waals surface area (Å²) >= 11 is 0. The summed E-state index contributed by atoms with van der Waals surface area (Å²) in [4.78, 5) is 14.3. The molecule has 4 atom stereocenters. The number of fused-ring (bicyclic) bond motifs is 1. The van der Waals surface area contributed by atoms with E-state index in [4.69, 9.17) is 19.4 Å². The number of ether oxygens (including phenoxy) is 2. The number of aromatic nitrogens is 4. The number of aliphatic hydroxyl groups excluding tert-OH is 2. The van der Waals surface area contributed by atoms with Crippen LogP contribution < -0.4 is 10.6 Å². The number of rotatable bonds is 12. The Hall–Kier alpha value is -3.41. The first-order chi connectivity index (χ1) is 19.5. The van der Waals surface area contributed by atoms with Crippen molar-refractivity contribution in [2.75, 3.05) is 32.1 Å². The van der Waals surface area contributed by atoms with Gasteiger partial charge in [0.05, 0.1) is 12.9 Å². The molecule has 4 aromatic rings. The molecule has 2 aromatic carbocycles. The van der Waals surface area contributed by atoms with E-state index in [0.717, 1.165) is 0 Å². The molecule has 0 radical (unpaired) electrons. The summed E-state index contributed by atoms with van der Waals surface area (Å²) in [5.74, 6) is 1.34. The predicted molar refractivity (Wildman–Crippen MR) is 153 cm³/mol. The van der Waals surface area contributed by atoms with Crippen LogP contribution in [0.15, 0.2) is 67.0 Å². The van der Waals surface area contributed by atoms with Crippen molar-refractivity contribution < 1.29 is 19.7 Å². The molecular weight excluding hydrogens is 508 g/mol. The molecule has 10 nitrogen and oxygen atoms in total. The van der Waals surface area contributed by atoms with Crippen molar-refractivity contribution in [1.82, 2.24) is 24.8 Å². The Morgan fingerprint density at radius 2 is 1.65 bits per heavy atom. The zero-order valence-electron chi connectivity index (χ0n) is 23.1. The highest BCUT2D eigenvalue weighted by molar-refractivity contribution is 5.83. The maximum atomic E-state index is 10.8. The second-order valence-electron chi connectivity index (χ2n) is 10.4. The minimum absolute atomic E-state index is 0.0884. The molecule has 0 saturated carbocycles. The van der Waals surface area contributed by atoms with E-state index in [-0.39, 0.29) is 12.5 Å². The summed E-state index contributed by atoms with van der Waals surface area (Å²) in [5, 5.41) is 28.3. The highest BCUT2D eigenvalue weighted by Crippen LogP contribution is 2.33. The van der Waals surface area contributed by atoms with E-state index in [9.17, 15) is 10.2 Å². The number of nitrogens with zero attached hydrogens (tertiary/aromatic N) is 4. The summed E-state index contributed by atoms with van der Waals surface area (Å²) in [5.41, 5.74) is 3.49. The van der Waals surface area contributed by atoms with Crippen LogP contribution in [0.5, 0.6) is 0 Å². The van der Waals surface area contributed by atoms with E-state index >= 15 is 0 Å². The maximum absolute atomic E-state index is 10.8. The number of aliphatic hydroxyl groups is 2. The molecule has 1 aliphatic heterocycles. The maximum Gasteiger partial charge on any atom is 0.167 e. The van der Waals surface area contributed by atoms with Gasteiger partial charge in [0.25, 0.3) is 0 Å². The zero-order chi connectivity index (χ0) is 28.1. The summed E-state index contributed by atoms with van der Waals surface area (Å²) in [6.45, 7) is 5.66. The van der Waals surface area contributed by atoms with Gasteiger partial charge in [-0.1, -0.05) is 74.5 Å². The molecule has 2 aromatic heterocycles. The van der Waals surface area contributed by atoms with Gasteiger partial charge in [0.2, 0.25) is 0 Å². The molecule has 4 N–H and O–H groups in total. The Morgan fingerprint density at radius 1 is 0.975 bits per heavy atom. The fourth-order valence-corrected chi connectivity index (χ4v) is 5.11. The molecule has 0 amide bonds. The molecule has 3 heterocycles. The lowest BCUT2D eigenvalue weighted by Crippen LogP contribution is -2.33. The van der Waals surface area contributed by atoms with Crippen LogP contribution in [0.25, 0.3) is 11.2 Å². The first-order valence-corrected chi connectivity index (χ1v) is 13.8. The average molecular weight is 547 g/mol. The minimum Gasteiger partial charge on any atom is -0.387 e. The number of anilines is 1. The van der Waals surface area contributed by atoms with E-state index in [1.165, 1.54) is 18.2 Å². The fraction of sp³-hybridized carbons (Fsp3) is 0.433. The van der Waals surface area contributed by atoms with Crippen molar-refractivity contribution in [3.63, 3.8) is 0 Å². The molecule has 0 bridgehead atoms. The molecule has 10 heteroatoms. The number of imidazole rings is 1. The molecule has 0 spiro atoms. The van der Waals surface area contributed by atoms with Crippen molar-refractivity contribution in [2.45, 2.75) is 56.8 Å². The number of benzene rings is 2. The van der Waals surface area contributed by atoms with Crippen LogP contribution in [-0.4, -0.2) is 80.9 Å². The van der Waals surface area contributed by atoms with Crippen LogP contribution in [-0.2, 0) is 15.9 Å². The molecule has 5 rings (SSSR count). The van der Waals surface area contributed by atoms with Crippen LogP contribution in [0.2, 0.25) is 0 Å². The van der Waals surface area contributed by atoms with Gasteiger partial charge in [-0.05, 0) is 11.1 Å². The fourth-order valence-electron chi connectivity index (χ4n) is 5.11. The van der Waals surface area contributed by atoms with Gasteiger partial charge in [-0.25, -0.2) is 15.0 Å². The summed E-state index contributed by atoms with van der Waals surface area (Å²) in [7, 11) is 1.53. The van der Waals surface area contributed by atoms with Gasteiger partial charge in [0, 0.05) is 38.6 Å². The summed E-state index contributed by atoms with van der Waals surface area (Å²) < 4.78 is 12.8. The highest BCUT2D eigenvalue weighted by Gasteiger charge is 2.44. The van der Waals surface area contributed by atoms with Crippen molar-refractivity contribution in [3.05, 3.63) is 83.9 Å². The Morgan fingerprint density at radius 3 is 2.27 bits per heavy atom. The van der Waals surface area contributed by atoms with Crippen LogP contribution in [0.4, 0.5) is 5.82 Å². The van der Waals surface area contributed by atoms with Crippen LogP contribution in [0, 0.1) is 0 Å². The van der Waals surface area contributed by atoms with Crippen molar-refractivity contribution in [3.8, 4) is 0 Å². The topological polar surface area (TPSA) is 127 Å². The van der Waals surface area contributed by atoms with Gasteiger partial charge in [0.15, 0.2) is 23.2 Å². The van der Waals surface area contributed by atoms with Gasteiger partial charge in [-0.3, -0.25) is 4.57 Å². The first-order valence-electron chi connectivity index (χ1n) is 13.8. The van der Waals surface area contributed by atoms with Gasteiger partial charge < -0.3 is 30.3 Å². The lowest BCUT2D eigenvalue weighted by molar-refractivity contribution is -0.0580. The van der Waals surface area contributed by atoms with Crippen molar-refractivity contribution in [2.24, 2.45) is 0 Å². The third-order valence-corrected chi connectivity index (χ3v) is 7.19. The predicted octanol–water partition coefficient (Wildman–Crippen LogP) is 2.88. The van der Waals surface area contributed by atoms with E-state index in [2.05, 4.69) is 53.7 Å². The molecule has 0 aliphatic carbocycles. The third-order valence-electron chi connectivity index (χ3n) is 7.19. The van der Waals surface area contributed by atoms with Crippen LogP contribution >= 0.6 is 0 Å². The van der Waals surface area contributed by atoms with Crippen LogP contribution in [0.1, 0.15) is 42.9 Å². The number of hydrogen-bond donors (Lipinski definition) is 4. The molecule has 1 unspecified atom stereocenters. The molecule has 212 valence electrons. The van der Waals surface area contributed by atoms with Gasteiger partial charge >= 0.3 is 0 Å². The smallest absolute Gasteiger partial charge is 0.167 e. The second-order valence-corrected chi connectivity index (χ2v) is 10.4. The number of methoxy groups -OCH3 is 1. The standard InChI is InChI=1S/C30H38N6O4/c1-19(2)31-15-14-24-34-28(32-16-22(20-10-6-4-7-11-20)21-12-8-5-9-13-21)25-29(35-24)36(18-33-25)30-27(38)26(37)23(40-30)17-39-3/h4-13,18-19,22-23,26-27,30-31,37-38H,14-17H2,1-3H3,(H,32,34,35)/t23?,26-,27-,30-/m1/s1. The SMILES string of the molecule is COCC1O[C@@H](n2cnc3c(NCC(c4ccccc4)c4ccccc4)nc(CCNC(C)C)nc32)[C@H](O)[C@@H]1O. The molecule has 1 saturated heterocycles. The Bertz CT molecular complexity index is 1330. The van der Waals surface area contributed by atoms with E-state index in [1.807, 2.05) is 36.4 Å². The molecular formula is C30H38N6O4. The quantitative estimate of drug-likeness (QED) is 0.212. The normalized spacial score (nSPS) is 21.1. The van der Waals surface area contributed by atoms with E-state index < -0.39 is 24.5 Å².